The summed E-state index contributed by atoms with van der Waals surface area (Å²) in [6.07, 6.45) is -17.6. The molecule has 0 bridgehead atoms. The van der Waals surface area contributed by atoms with Crippen LogP contribution in [0.3, 0.4) is 0 Å². The van der Waals surface area contributed by atoms with E-state index in [0.717, 1.165) is 11.1 Å². The van der Waals surface area contributed by atoms with Crippen LogP contribution in [0.25, 0.3) is 0 Å². The van der Waals surface area contributed by atoms with Gasteiger partial charge in [-0.2, -0.15) is 0 Å². The average Bonchev–Trinajstić information content (AvgIpc) is 3.28. The number of halogens is 6. The van der Waals surface area contributed by atoms with Crippen molar-refractivity contribution in [2.24, 2.45) is 34.4 Å². The third-order valence-electron chi connectivity index (χ3n) is 11.5. The standard InChI is InChI=1S/C42H69N7O14.6ClH/c1-22-35(59-21-26(16-45)56-20-25(50)15-44)38(57-18-23-8-4-2-5-9-23)39(58-19-24-10-6-3-7-11-24)42(60-22)63-37-28(49-40(55)29(51)12-13-43)14-27(47)36(34(37)54)62-41-31(48)33(53)32(52)30(17-46)61-41;;;;;;/h2-11,22,25-39,41-42,50-54H,12-21,43-48H2,1H3,(H,49,55);6*1H/t22-,25-,26-,27+,28-,29+,30-,31-,32-,33-,34+,35-,36-,37+,38+,39-,41-,42-;;;;;;/m1....../s1. The summed E-state index contributed by atoms with van der Waals surface area (Å²) in [5.74, 6) is -0.777. The molecule has 5 rings (SSSR count). The van der Waals surface area contributed by atoms with Gasteiger partial charge in [-0.1, -0.05) is 60.7 Å². The molecule has 18 N–H and O–H groups in total. The summed E-state index contributed by atoms with van der Waals surface area (Å²) in [6.45, 7) is 1.78. The molecule has 2 aliphatic heterocycles. The molecule has 0 radical (unpaired) electrons. The fourth-order valence-electron chi connectivity index (χ4n) is 7.81. The maximum absolute atomic E-state index is 13.3. The number of rotatable bonds is 23. The smallest absolute Gasteiger partial charge is 0.249 e. The second-order valence-corrected chi connectivity index (χ2v) is 16.2. The molecule has 18 atom stereocenters. The number of amides is 1. The first-order chi connectivity index (χ1) is 30.3. The number of ether oxygens (including phenoxy) is 8. The van der Waals surface area contributed by atoms with E-state index in [2.05, 4.69) is 5.32 Å². The molecule has 2 aromatic rings. The van der Waals surface area contributed by atoms with Crippen molar-refractivity contribution in [3.63, 3.8) is 0 Å². The van der Waals surface area contributed by atoms with Crippen molar-refractivity contribution in [2.45, 2.75) is 143 Å². The monoisotopic (exact) mass is 1110 g/mol. The van der Waals surface area contributed by atoms with Gasteiger partial charge < -0.3 is 103 Å². The number of benzene rings is 2. The van der Waals surface area contributed by atoms with E-state index in [0.29, 0.717) is 0 Å². The first-order valence-corrected chi connectivity index (χ1v) is 21.5. The van der Waals surface area contributed by atoms with Gasteiger partial charge >= 0.3 is 0 Å². The number of carbonyl (C=O) groups excluding carboxylic acids is 1. The molecule has 2 heterocycles. The molecule has 69 heavy (non-hydrogen) atoms. The molecule has 0 spiro atoms. The first kappa shape index (κ1) is 70.0. The lowest BCUT2D eigenvalue weighted by Gasteiger charge is -2.50. The van der Waals surface area contributed by atoms with E-state index in [4.69, 9.17) is 72.3 Å². The van der Waals surface area contributed by atoms with E-state index in [1.165, 1.54) is 0 Å². The number of nitrogens with two attached hydrogens (primary N) is 6. The molecule has 404 valence electrons. The lowest BCUT2D eigenvalue weighted by atomic mass is 9.83. The van der Waals surface area contributed by atoms with Gasteiger partial charge in [0.1, 0.15) is 61.0 Å². The minimum Gasteiger partial charge on any atom is -0.389 e. The lowest BCUT2D eigenvalue weighted by molar-refractivity contribution is -0.344. The van der Waals surface area contributed by atoms with E-state index in [1.54, 1.807) is 6.92 Å². The van der Waals surface area contributed by atoms with Crippen molar-refractivity contribution >= 4 is 80.3 Å². The maximum Gasteiger partial charge on any atom is 0.249 e. The highest BCUT2D eigenvalue weighted by Crippen LogP contribution is 2.35. The van der Waals surface area contributed by atoms with E-state index < -0.39 is 116 Å². The zero-order chi connectivity index (χ0) is 45.6. The Labute approximate surface area is 440 Å². The Morgan fingerprint density at radius 1 is 0.696 bits per heavy atom. The van der Waals surface area contributed by atoms with Gasteiger partial charge in [0, 0.05) is 25.7 Å². The second kappa shape index (κ2) is 35.2. The number of hydrogen-bond donors (Lipinski definition) is 12. The molecule has 0 unspecified atom stereocenters. The number of carbonyl (C=O) groups is 1. The molecule has 1 aliphatic carbocycles. The molecule has 1 amide bonds. The summed E-state index contributed by atoms with van der Waals surface area (Å²) in [5, 5.41) is 56.8. The largest absolute Gasteiger partial charge is 0.389 e. The van der Waals surface area contributed by atoms with Crippen LogP contribution >= 0.6 is 74.4 Å². The molecule has 2 saturated heterocycles. The predicted molar refractivity (Wildman–Crippen MR) is 269 cm³/mol. The summed E-state index contributed by atoms with van der Waals surface area (Å²) in [6, 6.07) is 15.5. The van der Waals surface area contributed by atoms with Gasteiger partial charge in [-0.25, -0.2) is 0 Å². The van der Waals surface area contributed by atoms with Crippen molar-refractivity contribution in [2.75, 3.05) is 39.4 Å². The van der Waals surface area contributed by atoms with Gasteiger partial charge in [0.05, 0.1) is 56.8 Å². The third kappa shape index (κ3) is 19.6. The number of aliphatic hydroxyl groups excluding tert-OH is 5. The van der Waals surface area contributed by atoms with Crippen LogP contribution in [-0.4, -0.2) is 181 Å². The highest BCUT2D eigenvalue weighted by molar-refractivity contribution is 5.86. The molecule has 3 aliphatic rings. The topological polar surface area (TPSA) is 360 Å². The highest BCUT2D eigenvalue weighted by Gasteiger charge is 2.54. The molecule has 27 heteroatoms. The second-order valence-electron chi connectivity index (χ2n) is 16.2. The molecular weight excluding hydrogens is 1040 g/mol. The van der Waals surface area contributed by atoms with Crippen LogP contribution in [0.1, 0.15) is 30.9 Å². The Balaban J connectivity index is 0. The number of aliphatic hydroxyl groups is 5. The normalized spacial score (nSPS) is 32.1. The van der Waals surface area contributed by atoms with E-state index in [9.17, 15) is 30.3 Å². The van der Waals surface area contributed by atoms with Crippen molar-refractivity contribution < 1.29 is 68.2 Å². The Morgan fingerprint density at radius 2 is 1.26 bits per heavy atom. The van der Waals surface area contributed by atoms with Gasteiger partial charge in [0.2, 0.25) is 5.91 Å². The highest BCUT2D eigenvalue weighted by atomic mass is 35.5. The number of nitrogens with one attached hydrogen (secondary N) is 1. The van der Waals surface area contributed by atoms with E-state index >= 15 is 0 Å². The molecular formula is C42H75Cl6N7O14. The van der Waals surface area contributed by atoms with Crippen LogP contribution in [0.2, 0.25) is 0 Å². The zero-order valence-corrected chi connectivity index (χ0v) is 43.0. The summed E-state index contributed by atoms with van der Waals surface area (Å²) in [7, 11) is 0. The van der Waals surface area contributed by atoms with Gasteiger partial charge in [0.25, 0.3) is 0 Å². The molecule has 0 aromatic heterocycles. The van der Waals surface area contributed by atoms with Gasteiger partial charge in [-0.05, 0) is 37.4 Å². The Bertz CT molecular complexity index is 1640. The Hall–Kier alpha value is -1.11. The number of hydrogen-bond acceptors (Lipinski definition) is 20. The summed E-state index contributed by atoms with van der Waals surface area (Å²) in [5.41, 5.74) is 37.6. The predicted octanol–water partition coefficient (Wildman–Crippen LogP) is -1.73. The molecule has 3 fully saturated rings. The van der Waals surface area contributed by atoms with Crippen LogP contribution in [0.4, 0.5) is 0 Å². The third-order valence-corrected chi connectivity index (χ3v) is 11.5. The summed E-state index contributed by atoms with van der Waals surface area (Å²) < 4.78 is 50.9. The minimum absolute atomic E-state index is 0. The van der Waals surface area contributed by atoms with Gasteiger partial charge in [0.15, 0.2) is 12.6 Å². The molecule has 1 saturated carbocycles. The van der Waals surface area contributed by atoms with Crippen molar-refractivity contribution in [1.82, 2.24) is 5.32 Å². The SMILES string of the molecule is C[C@H]1O[C@H](O[C@@H]2[C@@H](O)[C@H](O[C@H]3O[C@H](CN)[C@@H](O)[C@H](O)[C@H]3N)[C@@H](N)C[C@H]2NC(=O)[C@@H](O)CCN)[C@H](OCc2ccccc2)[C@@H](OCc2ccccc2)[C@@H]1OC[C@@H](CN)OC[C@H](O)CN.Cl.Cl.Cl.Cl.Cl.Cl. The molecule has 2 aromatic carbocycles. The van der Waals surface area contributed by atoms with Gasteiger partial charge in [-0.3, -0.25) is 4.79 Å². The first-order valence-electron chi connectivity index (χ1n) is 21.5. The quantitative estimate of drug-likeness (QED) is 0.0588. The van der Waals surface area contributed by atoms with Crippen molar-refractivity contribution in [1.29, 1.82) is 0 Å². The van der Waals surface area contributed by atoms with Gasteiger partial charge in [-0.15, -0.1) is 74.4 Å². The average molecular weight is 1110 g/mol. The lowest BCUT2D eigenvalue weighted by Crippen LogP contribution is -2.70. The maximum atomic E-state index is 13.3. The van der Waals surface area contributed by atoms with Crippen molar-refractivity contribution in [3.8, 4) is 0 Å². The molecule has 21 nitrogen and oxygen atoms in total. The Morgan fingerprint density at radius 3 is 1.80 bits per heavy atom. The van der Waals surface area contributed by atoms with Crippen LogP contribution in [0.5, 0.6) is 0 Å². The van der Waals surface area contributed by atoms with Crippen LogP contribution < -0.4 is 39.7 Å². The fraction of sp³-hybridized carbons (Fsp3) is 0.690. The van der Waals surface area contributed by atoms with E-state index in [-0.39, 0.29) is 140 Å². The van der Waals surface area contributed by atoms with Crippen LogP contribution in [0, 0.1) is 0 Å². The summed E-state index contributed by atoms with van der Waals surface area (Å²) >= 11 is 0. The minimum atomic E-state index is -1.64. The van der Waals surface area contributed by atoms with Crippen LogP contribution in [-0.2, 0) is 55.9 Å². The van der Waals surface area contributed by atoms with Crippen molar-refractivity contribution in [3.05, 3.63) is 71.8 Å². The Kier molecular flexibility index (Phi) is 35.6. The van der Waals surface area contributed by atoms with Crippen LogP contribution in [0.15, 0.2) is 60.7 Å². The summed E-state index contributed by atoms with van der Waals surface area (Å²) in [4.78, 5) is 13.3. The zero-order valence-electron chi connectivity index (χ0n) is 38.1. The van der Waals surface area contributed by atoms with E-state index in [1.807, 2.05) is 60.7 Å². The fourth-order valence-corrected chi connectivity index (χ4v) is 7.81.